The molecule has 1 fully saturated rings. The van der Waals surface area contributed by atoms with Gasteiger partial charge in [-0.2, -0.15) is 0 Å². The molecule has 66 valence electrons. The number of hydrogen-bond donors (Lipinski definition) is 0. The molecule has 0 heterocycles. The van der Waals surface area contributed by atoms with Crippen LogP contribution < -0.4 is 0 Å². The Morgan fingerprint density at radius 1 is 1.45 bits per heavy atom. The van der Waals surface area contributed by atoms with E-state index in [9.17, 15) is 4.39 Å². The van der Waals surface area contributed by atoms with E-state index < -0.39 is 5.67 Å². The average molecular weight is 270 g/mol. The summed E-state index contributed by atoms with van der Waals surface area (Å²) in [4.78, 5) is 0. The van der Waals surface area contributed by atoms with E-state index >= 15 is 0 Å². The van der Waals surface area contributed by atoms with Gasteiger partial charge in [0.1, 0.15) is 5.67 Å². The summed E-state index contributed by atoms with van der Waals surface area (Å²) in [7, 11) is 0. The Bertz CT molecular complexity index is 134. The van der Waals surface area contributed by atoms with Crippen LogP contribution in [0, 0.1) is 5.92 Å². The molecule has 0 aromatic rings. The smallest absolute Gasteiger partial charge is 0.120 e. The van der Waals surface area contributed by atoms with Crippen LogP contribution in [0.5, 0.6) is 0 Å². The second-order valence-corrected chi connectivity index (χ2v) is 5.24. The van der Waals surface area contributed by atoms with Gasteiger partial charge >= 0.3 is 0 Å². The highest BCUT2D eigenvalue weighted by Crippen LogP contribution is 2.38. The Morgan fingerprint density at radius 2 is 2.09 bits per heavy atom. The van der Waals surface area contributed by atoms with Crippen molar-refractivity contribution in [1.29, 1.82) is 0 Å². The lowest BCUT2D eigenvalue weighted by atomic mass is 9.93. The fraction of sp³-hybridized carbons (Fsp3) is 1.00. The van der Waals surface area contributed by atoms with Crippen LogP contribution in [-0.4, -0.2) is 9.59 Å². The van der Waals surface area contributed by atoms with Crippen molar-refractivity contribution < 1.29 is 4.39 Å². The monoisotopic (exact) mass is 270 g/mol. The molecule has 0 bridgehead atoms. The van der Waals surface area contributed by atoms with Gasteiger partial charge in [-0.25, -0.2) is 4.39 Å². The van der Waals surface area contributed by atoms with Crippen LogP contribution in [0.2, 0.25) is 0 Å². The second-order valence-electron chi connectivity index (χ2n) is 3.90. The van der Waals surface area contributed by atoms with Gasteiger partial charge in [0, 0.05) is 3.92 Å². The largest absolute Gasteiger partial charge is 0.243 e. The summed E-state index contributed by atoms with van der Waals surface area (Å²) >= 11 is 2.28. The van der Waals surface area contributed by atoms with E-state index in [-0.39, 0.29) is 3.92 Å². The Hall–Kier alpha value is 0.660. The summed E-state index contributed by atoms with van der Waals surface area (Å²) in [6.07, 6.45) is 4.23. The minimum absolute atomic E-state index is 0.211. The molecule has 1 aliphatic rings. The van der Waals surface area contributed by atoms with Crippen LogP contribution in [-0.2, 0) is 0 Å². The number of halogens is 2. The summed E-state index contributed by atoms with van der Waals surface area (Å²) in [5.74, 6) is 0.549. The highest BCUT2D eigenvalue weighted by molar-refractivity contribution is 14.1. The Morgan fingerprint density at radius 3 is 2.73 bits per heavy atom. The summed E-state index contributed by atoms with van der Waals surface area (Å²) in [6, 6.07) is 0. The Balaban J connectivity index is 2.65. The van der Waals surface area contributed by atoms with Crippen molar-refractivity contribution in [2.75, 3.05) is 0 Å². The lowest BCUT2D eigenvalue weighted by Crippen LogP contribution is -2.33. The summed E-state index contributed by atoms with van der Waals surface area (Å²) in [6.45, 7) is 3.92. The van der Waals surface area contributed by atoms with Crippen LogP contribution in [0.1, 0.15) is 39.5 Å². The van der Waals surface area contributed by atoms with Crippen molar-refractivity contribution in [2.45, 2.75) is 49.1 Å². The summed E-state index contributed by atoms with van der Waals surface area (Å²) in [5, 5.41) is 0. The van der Waals surface area contributed by atoms with Crippen LogP contribution in [0.3, 0.4) is 0 Å². The number of alkyl halides is 2. The first kappa shape index (κ1) is 9.75. The predicted molar refractivity (Wildman–Crippen MR) is 55.0 cm³/mol. The molecule has 0 aromatic carbocycles. The Kier molecular flexibility index (Phi) is 3.18. The van der Waals surface area contributed by atoms with Gasteiger partial charge in [0.05, 0.1) is 0 Å². The maximum Gasteiger partial charge on any atom is 0.120 e. The molecule has 0 radical (unpaired) electrons. The van der Waals surface area contributed by atoms with Crippen molar-refractivity contribution in [1.82, 2.24) is 0 Å². The zero-order chi connectivity index (χ0) is 8.48. The third-order valence-corrected chi connectivity index (χ3v) is 5.18. The van der Waals surface area contributed by atoms with E-state index in [4.69, 9.17) is 0 Å². The first-order valence-electron chi connectivity index (χ1n) is 4.37. The number of rotatable bonds is 0. The molecule has 1 saturated carbocycles. The summed E-state index contributed by atoms with van der Waals surface area (Å²) in [5.41, 5.74) is -0.920. The first-order valence-corrected chi connectivity index (χ1v) is 5.61. The molecule has 0 saturated heterocycles. The fourth-order valence-corrected chi connectivity index (χ4v) is 2.49. The molecule has 11 heavy (non-hydrogen) atoms. The first-order chi connectivity index (χ1) is 5.04. The van der Waals surface area contributed by atoms with Crippen LogP contribution in [0.25, 0.3) is 0 Å². The molecule has 0 amide bonds. The molecule has 0 aromatic heterocycles. The van der Waals surface area contributed by atoms with Crippen molar-refractivity contribution in [3.8, 4) is 0 Å². The van der Waals surface area contributed by atoms with Gasteiger partial charge in [-0.3, -0.25) is 0 Å². The van der Waals surface area contributed by atoms with Crippen molar-refractivity contribution in [2.24, 2.45) is 5.92 Å². The summed E-state index contributed by atoms with van der Waals surface area (Å²) < 4.78 is 14.0. The molecule has 0 spiro atoms. The SMILES string of the molecule is CC1CCCCC(C)(F)C1I. The standard InChI is InChI=1S/C9H16FI/c1-7-5-3-4-6-9(2,10)8(7)11/h7-8H,3-6H2,1-2H3. The molecule has 3 unspecified atom stereocenters. The quantitative estimate of drug-likeness (QED) is 0.357. The molecule has 0 aliphatic heterocycles. The molecular weight excluding hydrogens is 254 g/mol. The zero-order valence-corrected chi connectivity index (χ0v) is 9.40. The normalized spacial score (nSPS) is 46.9. The second kappa shape index (κ2) is 3.58. The van der Waals surface area contributed by atoms with E-state index in [2.05, 4.69) is 29.5 Å². The van der Waals surface area contributed by atoms with Gasteiger partial charge < -0.3 is 0 Å². The predicted octanol–water partition coefficient (Wildman–Crippen LogP) is 3.73. The van der Waals surface area contributed by atoms with Crippen molar-refractivity contribution in [3.63, 3.8) is 0 Å². The minimum Gasteiger partial charge on any atom is -0.243 e. The van der Waals surface area contributed by atoms with Crippen LogP contribution >= 0.6 is 22.6 Å². The van der Waals surface area contributed by atoms with Gasteiger partial charge in [0.15, 0.2) is 0 Å². The van der Waals surface area contributed by atoms with E-state index in [1.54, 1.807) is 6.92 Å². The maximum absolute atomic E-state index is 13.8. The average Bonchev–Trinajstić information content (AvgIpc) is 2.03. The highest BCUT2D eigenvalue weighted by atomic mass is 127. The van der Waals surface area contributed by atoms with Crippen molar-refractivity contribution in [3.05, 3.63) is 0 Å². The number of hydrogen-bond acceptors (Lipinski definition) is 0. The lowest BCUT2D eigenvalue weighted by Gasteiger charge is -2.27. The van der Waals surface area contributed by atoms with E-state index in [1.165, 1.54) is 12.8 Å². The van der Waals surface area contributed by atoms with E-state index in [0.29, 0.717) is 5.92 Å². The lowest BCUT2D eigenvalue weighted by molar-refractivity contribution is 0.164. The van der Waals surface area contributed by atoms with Gasteiger partial charge in [0.2, 0.25) is 0 Å². The van der Waals surface area contributed by atoms with Crippen molar-refractivity contribution >= 4 is 22.6 Å². The fourth-order valence-electron chi connectivity index (χ4n) is 1.81. The molecular formula is C9H16FI. The van der Waals surface area contributed by atoms with Gasteiger partial charge in [-0.05, 0) is 25.7 Å². The van der Waals surface area contributed by atoms with Crippen LogP contribution in [0.15, 0.2) is 0 Å². The minimum atomic E-state index is -0.920. The van der Waals surface area contributed by atoms with E-state index in [1.807, 2.05) is 0 Å². The molecule has 1 rings (SSSR count). The highest BCUT2D eigenvalue weighted by Gasteiger charge is 2.37. The Labute approximate surface area is 82.1 Å². The zero-order valence-electron chi connectivity index (χ0n) is 7.24. The molecule has 3 atom stereocenters. The topological polar surface area (TPSA) is 0 Å². The van der Waals surface area contributed by atoms with Gasteiger partial charge in [-0.1, -0.05) is 42.4 Å². The van der Waals surface area contributed by atoms with Crippen LogP contribution in [0.4, 0.5) is 4.39 Å². The molecule has 0 nitrogen and oxygen atoms in total. The van der Waals surface area contributed by atoms with Gasteiger partial charge in [0.25, 0.3) is 0 Å². The third-order valence-electron chi connectivity index (χ3n) is 2.65. The molecule has 1 aliphatic carbocycles. The molecule has 0 N–H and O–H groups in total. The maximum atomic E-state index is 13.8. The van der Waals surface area contributed by atoms with Gasteiger partial charge in [-0.15, -0.1) is 0 Å². The molecule has 2 heteroatoms. The third kappa shape index (κ3) is 2.30. The van der Waals surface area contributed by atoms with E-state index in [0.717, 1.165) is 12.8 Å².